The Hall–Kier alpha value is -3.68. The number of methoxy groups -OCH3 is 4. The molecule has 2 aromatic carbocycles. The van der Waals surface area contributed by atoms with Gasteiger partial charge in [-0.3, -0.25) is 0 Å². The van der Waals surface area contributed by atoms with Crippen LogP contribution in [0.3, 0.4) is 0 Å². The highest BCUT2D eigenvalue weighted by Gasteiger charge is 2.20. The van der Waals surface area contributed by atoms with Gasteiger partial charge >= 0.3 is 11.9 Å². The van der Waals surface area contributed by atoms with Gasteiger partial charge in [-0.2, -0.15) is 0 Å². The Labute approximate surface area is 167 Å². The van der Waals surface area contributed by atoms with Crippen molar-refractivity contribution in [1.29, 1.82) is 0 Å². The summed E-state index contributed by atoms with van der Waals surface area (Å²) in [6, 6.07) is 7.98. The van der Waals surface area contributed by atoms with Crippen LogP contribution < -0.4 is 18.9 Å². The van der Waals surface area contributed by atoms with Crippen LogP contribution in [-0.2, 0) is 4.74 Å². The summed E-state index contributed by atoms with van der Waals surface area (Å²) in [6.07, 6.45) is 0. The smallest absolute Gasteiger partial charge is 0.343 e. The van der Waals surface area contributed by atoms with Gasteiger partial charge in [-0.05, 0) is 37.3 Å². The predicted octanol–water partition coefficient (Wildman–Crippen LogP) is 3.51. The number of H-pyrrole nitrogens is 1. The highest BCUT2D eigenvalue weighted by Crippen LogP contribution is 2.38. The molecule has 0 atom stereocenters. The molecule has 8 nitrogen and oxygen atoms in total. The standard InChI is InChI=1S/C21H21NO7/c1-11-18(21(24)28-5)14-10-13(6-7-15(14)22-11)29-20(23)12-8-16(25-2)19(27-4)17(9-12)26-3/h6-10,22H,1-5H3. The molecule has 1 heterocycles. The van der Waals surface area contributed by atoms with Gasteiger partial charge < -0.3 is 28.7 Å². The number of ether oxygens (including phenoxy) is 5. The van der Waals surface area contributed by atoms with Crippen LogP contribution >= 0.6 is 0 Å². The van der Waals surface area contributed by atoms with Gasteiger partial charge in [0.1, 0.15) is 5.75 Å². The van der Waals surface area contributed by atoms with E-state index in [0.29, 0.717) is 33.9 Å². The van der Waals surface area contributed by atoms with Gasteiger partial charge in [0.05, 0.1) is 39.6 Å². The molecule has 0 saturated heterocycles. The number of carbonyl (C=O) groups excluding carboxylic acids is 2. The van der Waals surface area contributed by atoms with Crippen LogP contribution in [0.4, 0.5) is 0 Å². The van der Waals surface area contributed by atoms with E-state index in [2.05, 4.69) is 4.98 Å². The lowest BCUT2D eigenvalue weighted by molar-refractivity contribution is 0.0602. The normalized spacial score (nSPS) is 10.5. The summed E-state index contributed by atoms with van der Waals surface area (Å²) in [4.78, 5) is 27.9. The summed E-state index contributed by atoms with van der Waals surface area (Å²) in [5.74, 6) is 0.239. The van der Waals surface area contributed by atoms with Crippen molar-refractivity contribution in [2.45, 2.75) is 6.92 Å². The lowest BCUT2D eigenvalue weighted by Crippen LogP contribution is -2.10. The molecule has 152 valence electrons. The van der Waals surface area contributed by atoms with Crippen molar-refractivity contribution in [3.63, 3.8) is 0 Å². The Morgan fingerprint density at radius 1 is 0.862 bits per heavy atom. The van der Waals surface area contributed by atoms with Crippen molar-refractivity contribution >= 4 is 22.8 Å². The van der Waals surface area contributed by atoms with E-state index >= 15 is 0 Å². The van der Waals surface area contributed by atoms with E-state index in [9.17, 15) is 9.59 Å². The Morgan fingerprint density at radius 3 is 2.07 bits per heavy atom. The minimum Gasteiger partial charge on any atom is -0.493 e. The predicted molar refractivity (Wildman–Crippen MR) is 105 cm³/mol. The summed E-state index contributed by atoms with van der Waals surface area (Å²) < 4.78 is 26.1. The second-order valence-electron chi connectivity index (χ2n) is 6.13. The average molecular weight is 399 g/mol. The molecular weight excluding hydrogens is 378 g/mol. The van der Waals surface area contributed by atoms with Crippen molar-refractivity contribution in [2.75, 3.05) is 28.4 Å². The highest BCUT2D eigenvalue weighted by molar-refractivity contribution is 6.06. The molecule has 0 aliphatic heterocycles. The number of aromatic amines is 1. The number of esters is 2. The van der Waals surface area contributed by atoms with Crippen molar-refractivity contribution in [3.05, 3.63) is 47.2 Å². The fourth-order valence-corrected chi connectivity index (χ4v) is 3.10. The third-order valence-electron chi connectivity index (χ3n) is 4.46. The fourth-order valence-electron chi connectivity index (χ4n) is 3.10. The first-order chi connectivity index (χ1) is 13.9. The van der Waals surface area contributed by atoms with Crippen LogP contribution in [0.15, 0.2) is 30.3 Å². The van der Waals surface area contributed by atoms with Crippen LogP contribution in [0.2, 0.25) is 0 Å². The van der Waals surface area contributed by atoms with Crippen LogP contribution in [0.5, 0.6) is 23.0 Å². The molecule has 29 heavy (non-hydrogen) atoms. The molecule has 0 bridgehead atoms. The van der Waals surface area contributed by atoms with E-state index in [0.717, 1.165) is 5.52 Å². The quantitative estimate of drug-likeness (QED) is 0.500. The third kappa shape index (κ3) is 3.69. The Kier molecular flexibility index (Phi) is 5.63. The molecule has 8 heteroatoms. The topological polar surface area (TPSA) is 96.1 Å². The molecule has 0 radical (unpaired) electrons. The van der Waals surface area contributed by atoms with Gasteiger partial charge in [0.25, 0.3) is 0 Å². The summed E-state index contributed by atoms with van der Waals surface area (Å²) in [5, 5.41) is 0.601. The second-order valence-corrected chi connectivity index (χ2v) is 6.13. The van der Waals surface area contributed by atoms with Crippen LogP contribution in [0.1, 0.15) is 26.4 Å². The summed E-state index contributed by atoms with van der Waals surface area (Å²) in [5.41, 5.74) is 2.02. The maximum atomic E-state index is 12.7. The number of hydrogen-bond donors (Lipinski definition) is 1. The highest BCUT2D eigenvalue weighted by atomic mass is 16.5. The van der Waals surface area contributed by atoms with E-state index in [4.69, 9.17) is 23.7 Å². The number of aromatic nitrogens is 1. The molecule has 3 rings (SSSR count). The molecule has 1 N–H and O–H groups in total. The summed E-state index contributed by atoms with van der Waals surface area (Å²) >= 11 is 0. The molecular formula is C21H21NO7. The number of aryl methyl sites for hydroxylation is 1. The van der Waals surface area contributed by atoms with Gasteiger partial charge in [-0.15, -0.1) is 0 Å². The van der Waals surface area contributed by atoms with Crippen LogP contribution in [-0.4, -0.2) is 45.4 Å². The van der Waals surface area contributed by atoms with Crippen molar-refractivity contribution in [1.82, 2.24) is 4.98 Å². The number of hydrogen-bond acceptors (Lipinski definition) is 7. The van der Waals surface area contributed by atoms with E-state index in [1.165, 1.54) is 40.6 Å². The molecule has 3 aromatic rings. The minimum absolute atomic E-state index is 0.220. The molecule has 0 aliphatic carbocycles. The number of carbonyl (C=O) groups is 2. The summed E-state index contributed by atoms with van der Waals surface area (Å²) in [7, 11) is 5.71. The van der Waals surface area contributed by atoms with E-state index in [1.54, 1.807) is 25.1 Å². The first kappa shape index (κ1) is 20.1. The molecule has 0 spiro atoms. The van der Waals surface area contributed by atoms with Gasteiger partial charge in [-0.1, -0.05) is 0 Å². The maximum Gasteiger partial charge on any atom is 0.343 e. The lowest BCUT2D eigenvalue weighted by atomic mass is 10.1. The van der Waals surface area contributed by atoms with E-state index < -0.39 is 11.9 Å². The van der Waals surface area contributed by atoms with E-state index in [-0.39, 0.29) is 11.3 Å². The fraction of sp³-hybridized carbons (Fsp3) is 0.238. The first-order valence-corrected chi connectivity index (χ1v) is 8.66. The van der Waals surface area contributed by atoms with Crippen LogP contribution in [0, 0.1) is 6.92 Å². The Bertz CT molecular complexity index is 1060. The summed E-state index contributed by atoms with van der Waals surface area (Å²) in [6.45, 7) is 1.77. The minimum atomic E-state index is -0.615. The number of rotatable bonds is 6. The number of benzene rings is 2. The SMILES string of the molecule is COC(=O)c1c(C)[nH]c2ccc(OC(=O)c3cc(OC)c(OC)c(OC)c3)cc12. The zero-order chi connectivity index (χ0) is 21.1. The molecule has 0 fully saturated rings. The molecule has 0 aliphatic rings. The average Bonchev–Trinajstić information content (AvgIpc) is 3.06. The van der Waals surface area contributed by atoms with Gasteiger partial charge in [-0.25, -0.2) is 9.59 Å². The second kappa shape index (κ2) is 8.14. The first-order valence-electron chi connectivity index (χ1n) is 8.66. The number of nitrogens with one attached hydrogen (secondary N) is 1. The molecule has 0 amide bonds. The van der Waals surface area contributed by atoms with Crippen molar-refractivity contribution in [3.8, 4) is 23.0 Å². The van der Waals surface area contributed by atoms with Gasteiger partial charge in [0.2, 0.25) is 5.75 Å². The number of fused-ring (bicyclic) bond motifs is 1. The zero-order valence-corrected chi connectivity index (χ0v) is 16.7. The largest absolute Gasteiger partial charge is 0.493 e. The molecule has 0 unspecified atom stereocenters. The van der Waals surface area contributed by atoms with Crippen LogP contribution in [0.25, 0.3) is 10.9 Å². The third-order valence-corrected chi connectivity index (χ3v) is 4.46. The maximum absolute atomic E-state index is 12.7. The van der Waals surface area contributed by atoms with Crippen molar-refractivity contribution in [2.24, 2.45) is 0 Å². The Balaban J connectivity index is 1.97. The molecule has 0 saturated carbocycles. The van der Waals surface area contributed by atoms with E-state index in [1.807, 2.05) is 0 Å². The van der Waals surface area contributed by atoms with Gasteiger partial charge in [0.15, 0.2) is 11.5 Å². The lowest BCUT2D eigenvalue weighted by Gasteiger charge is -2.13. The van der Waals surface area contributed by atoms with Crippen molar-refractivity contribution < 1.29 is 33.3 Å². The Morgan fingerprint density at radius 2 is 1.52 bits per heavy atom. The molecule has 1 aromatic heterocycles. The zero-order valence-electron chi connectivity index (χ0n) is 16.7. The monoisotopic (exact) mass is 399 g/mol. The van der Waals surface area contributed by atoms with Gasteiger partial charge in [0, 0.05) is 16.6 Å².